The molecule has 1 saturated carbocycles. The number of rotatable bonds is 3. The van der Waals surface area contributed by atoms with Crippen molar-refractivity contribution in [1.82, 2.24) is 9.97 Å². The number of anilines is 1. The van der Waals surface area contributed by atoms with E-state index in [2.05, 4.69) is 21.9 Å². The molecule has 0 unspecified atom stereocenters. The van der Waals surface area contributed by atoms with Crippen molar-refractivity contribution in [3.63, 3.8) is 0 Å². The molecule has 0 atom stereocenters. The Morgan fingerprint density at radius 1 is 1.38 bits per heavy atom. The summed E-state index contributed by atoms with van der Waals surface area (Å²) in [5.41, 5.74) is 6.81. The summed E-state index contributed by atoms with van der Waals surface area (Å²) in [6, 6.07) is 2.46. The first-order valence-corrected chi connectivity index (χ1v) is 5.83. The highest BCUT2D eigenvalue weighted by Gasteiger charge is 2.27. The lowest BCUT2D eigenvalue weighted by Gasteiger charge is -2.35. The van der Waals surface area contributed by atoms with Crippen LogP contribution in [0.4, 0.5) is 5.82 Å². The van der Waals surface area contributed by atoms with Gasteiger partial charge in [0.15, 0.2) is 0 Å². The molecule has 88 valence electrons. The van der Waals surface area contributed by atoms with E-state index in [1.807, 2.05) is 19.9 Å². The maximum atomic E-state index is 5.79. The summed E-state index contributed by atoms with van der Waals surface area (Å²) in [4.78, 5) is 10.9. The molecular formula is C12H20N4. The molecule has 0 radical (unpaired) electrons. The highest BCUT2D eigenvalue weighted by molar-refractivity contribution is 5.38. The number of hydrogen-bond acceptors (Lipinski definition) is 4. The number of aryl methyl sites for hydroxylation is 2. The van der Waals surface area contributed by atoms with Crippen molar-refractivity contribution < 1.29 is 0 Å². The predicted octanol–water partition coefficient (Wildman–Crippen LogP) is 1.27. The standard InChI is InChI=1S/C12H20N4/c1-8-4-12(15-9(2)14-8)16(3)7-10-5-11(13)6-10/h4,10-11H,5-7,13H2,1-3H3. The zero-order chi connectivity index (χ0) is 11.7. The molecule has 0 spiro atoms. The lowest BCUT2D eigenvalue weighted by atomic mass is 9.80. The van der Waals surface area contributed by atoms with E-state index >= 15 is 0 Å². The number of aromatic nitrogens is 2. The molecule has 1 heterocycles. The lowest BCUT2D eigenvalue weighted by molar-refractivity contribution is 0.270. The molecule has 0 aliphatic heterocycles. The number of nitrogens with two attached hydrogens (primary N) is 1. The fourth-order valence-electron chi connectivity index (χ4n) is 2.31. The third-order valence-corrected chi connectivity index (χ3v) is 3.15. The van der Waals surface area contributed by atoms with Gasteiger partial charge in [-0.1, -0.05) is 0 Å². The Hall–Kier alpha value is -1.16. The quantitative estimate of drug-likeness (QED) is 0.833. The van der Waals surface area contributed by atoms with Gasteiger partial charge in [0.1, 0.15) is 11.6 Å². The van der Waals surface area contributed by atoms with Gasteiger partial charge in [-0.15, -0.1) is 0 Å². The van der Waals surface area contributed by atoms with E-state index in [-0.39, 0.29) is 0 Å². The van der Waals surface area contributed by atoms with Crippen LogP contribution in [0.2, 0.25) is 0 Å². The van der Waals surface area contributed by atoms with Crippen LogP contribution in [0.15, 0.2) is 6.07 Å². The smallest absolute Gasteiger partial charge is 0.132 e. The molecule has 2 rings (SSSR count). The van der Waals surface area contributed by atoms with E-state index in [1.54, 1.807) is 0 Å². The van der Waals surface area contributed by atoms with Crippen molar-refractivity contribution in [1.29, 1.82) is 0 Å². The van der Waals surface area contributed by atoms with Gasteiger partial charge in [0.25, 0.3) is 0 Å². The Morgan fingerprint density at radius 3 is 2.62 bits per heavy atom. The zero-order valence-electron chi connectivity index (χ0n) is 10.3. The van der Waals surface area contributed by atoms with Crippen LogP contribution in [0, 0.1) is 19.8 Å². The lowest BCUT2D eigenvalue weighted by Crippen LogP contribution is -2.42. The fourth-order valence-corrected chi connectivity index (χ4v) is 2.31. The van der Waals surface area contributed by atoms with Crippen molar-refractivity contribution >= 4 is 5.82 Å². The van der Waals surface area contributed by atoms with E-state index in [4.69, 9.17) is 5.73 Å². The Balaban J connectivity index is 2.00. The molecule has 4 heteroatoms. The van der Waals surface area contributed by atoms with Crippen LogP contribution in [0.1, 0.15) is 24.4 Å². The van der Waals surface area contributed by atoms with Crippen LogP contribution in [0.5, 0.6) is 0 Å². The molecule has 2 N–H and O–H groups in total. The van der Waals surface area contributed by atoms with Crippen LogP contribution in [0.3, 0.4) is 0 Å². The molecule has 0 aromatic carbocycles. The first-order valence-electron chi connectivity index (χ1n) is 5.83. The molecule has 16 heavy (non-hydrogen) atoms. The predicted molar refractivity (Wildman–Crippen MR) is 65.5 cm³/mol. The minimum atomic E-state index is 0.423. The first kappa shape index (κ1) is 11.3. The van der Waals surface area contributed by atoms with Crippen LogP contribution >= 0.6 is 0 Å². The van der Waals surface area contributed by atoms with Crippen LogP contribution in [-0.4, -0.2) is 29.6 Å². The molecule has 0 bridgehead atoms. The Morgan fingerprint density at radius 2 is 2.06 bits per heavy atom. The van der Waals surface area contributed by atoms with Gasteiger partial charge in [-0.25, -0.2) is 9.97 Å². The Bertz CT molecular complexity index is 351. The van der Waals surface area contributed by atoms with E-state index in [9.17, 15) is 0 Å². The van der Waals surface area contributed by atoms with Gasteiger partial charge < -0.3 is 10.6 Å². The van der Waals surface area contributed by atoms with Crippen molar-refractivity contribution in [2.24, 2.45) is 11.7 Å². The highest BCUT2D eigenvalue weighted by Crippen LogP contribution is 2.27. The summed E-state index contributed by atoms with van der Waals surface area (Å²) in [5.74, 6) is 2.59. The Kier molecular flexibility index (Phi) is 3.10. The van der Waals surface area contributed by atoms with Crippen molar-refractivity contribution in [3.8, 4) is 0 Å². The van der Waals surface area contributed by atoms with Crippen LogP contribution in [-0.2, 0) is 0 Å². The number of hydrogen-bond donors (Lipinski definition) is 1. The SMILES string of the molecule is Cc1cc(N(C)CC2CC(N)C2)nc(C)n1. The molecule has 1 aromatic rings. The fraction of sp³-hybridized carbons (Fsp3) is 0.667. The van der Waals surface area contributed by atoms with Crippen molar-refractivity contribution in [3.05, 3.63) is 17.6 Å². The molecule has 1 fully saturated rings. The second-order valence-electron chi connectivity index (χ2n) is 4.89. The van der Waals surface area contributed by atoms with Gasteiger partial charge in [0.05, 0.1) is 0 Å². The third kappa shape index (κ3) is 2.50. The molecule has 1 aliphatic carbocycles. The minimum absolute atomic E-state index is 0.423. The van der Waals surface area contributed by atoms with Crippen LogP contribution < -0.4 is 10.6 Å². The highest BCUT2D eigenvalue weighted by atomic mass is 15.2. The summed E-state index contributed by atoms with van der Waals surface area (Å²) in [6.45, 7) is 4.98. The topological polar surface area (TPSA) is 55.0 Å². The van der Waals surface area contributed by atoms with Gasteiger partial charge in [-0.3, -0.25) is 0 Å². The molecule has 1 aliphatic rings. The van der Waals surface area contributed by atoms with Gasteiger partial charge in [-0.05, 0) is 32.6 Å². The van der Waals surface area contributed by atoms with Crippen molar-refractivity contribution in [2.75, 3.05) is 18.5 Å². The van der Waals surface area contributed by atoms with E-state index in [1.165, 1.54) is 0 Å². The largest absolute Gasteiger partial charge is 0.359 e. The van der Waals surface area contributed by atoms with E-state index in [0.29, 0.717) is 6.04 Å². The maximum Gasteiger partial charge on any atom is 0.132 e. The summed E-state index contributed by atoms with van der Waals surface area (Å²) in [7, 11) is 2.09. The van der Waals surface area contributed by atoms with Gasteiger partial charge in [0.2, 0.25) is 0 Å². The van der Waals surface area contributed by atoms with Crippen molar-refractivity contribution in [2.45, 2.75) is 32.7 Å². The van der Waals surface area contributed by atoms with Gasteiger partial charge in [0, 0.05) is 31.4 Å². The van der Waals surface area contributed by atoms with Gasteiger partial charge in [-0.2, -0.15) is 0 Å². The summed E-state index contributed by atoms with van der Waals surface area (Å²) >= 11 is 0. The molecule has 0 saturated heterocycles. The molecule has 4 nitrogen and oxygen atoms in total. The molecule has 1 aromatic heterocycles. The normalized spacial score (nSPS) is 24.0. The molecular weight excluding hydrogens is 200 g/mol. The monoisotopic (exact) mass is 220 g/mol. The minimum Gasteiger partial charge on any atom is -0.359 e. The number of nitrogens with zero attached hydrogens (tertiary/aromatic N) is 3. The third-order valence-electron chi connectivity index (χ3n) is 3.15. The summed E-state index contributed by atoms with van der Waals surface area (Å²) < 4.78 is 0. The average molecular weight is 220 g/mol. The van der Waals surface area contributed by atoms with Gasteiger partial charge >= 0.3 is 0 Å². The van der Waals surface area contributed by atoms with E-state index < -0.39 is 0 Å². The summed E-state index contributed by atoms with van der Waals surface area (Å²) in [6.07, 6.45) is 2.29. The van der Waals surface area contributed by atoms with Crippen LogP contribution in [0.25, 0.3) is 0 Å². The maximum absolute atomic E-state index is 5.79. The zero-order valence-corrected chi connectivity index (χ0v) is 10.3. The first-order chi connectivity index (χ1) is 7.54. The summed E-state index contributed by atoms with van der Waals surface area (Å²) in [5, 5.41) is 0. The van der Waals surface area contributed by atoms with E-state index in [0.717, 1.165) is 42.6 Å². The second-order valence-corrected chi connectivity index (χ2v) is 4.89. The molecule has 0 amide bonds. The Labute approximate surface area is 96.9 Å². The second kappa shape index (κ2) is 4.37. The average Bonchev–Trinajstić information content (AvgIpc) is 2.13.